The van der Waals surface area contributed by atoms with Crippen LogP contribution in [0.25, 0.3) is 0 Å². The molecule has 1 aromatic heterocycles. The molecule has 2 aromatic carbocycles. The molecule has 1 N–H and O–H groups in total. The number of halogens is 1. The van der Waals surface area contributed by atoms with Crippen LogP contribution in [0.3, 0.4) is 0 Å². The quantitative estimate of drug-likeness (QED) is 0.372. The molecule has 3 rings (SSSR count). The third-order valence-corrected chi connectivity index (χ3v) is 4.98. The Kier molecular flexibility index (Phi) is 7.15. The van der Waals surface area contributed by atoms with Crippen molar-refractivity contribution >= 4 is 21.6 Å². The van der Waals surface area contributed by atoms with Crippen LogP contribution in [-0.2, 0) is 19.7 Å². The van der Waals surface area contributed by atoms with Gasteiger partial charge in [0.25, 0.3) is 5.69 Å². The summed E-state index contributed by atoms with van der Waals surface area (Å²) in [6.07, 6.45) is 3.58. The predicted molar refractivity (Wildman–Crippen MR) is 113 cm³/mol. The van der Waals surface area contributed by atoms with Gasteiger partial charge in [-0.05, 0) is 47.0 Å². The number of methoxy groups -OCH3 is 1. The number of hydrogen-bond acceptors (Lipinski definition) is 6. The van der Waals surface area contributed by atoms with Crippen molar-refractivity contribution in [1.82, 2.24) is 10.3 Å². The van der Waals surface area contributed by atoms with Crippen LogP contribution in [0.1, 0.15) is 16.7 Å². The lowest BCUT2D eigenvalue weighted by molar-refractivity contribution is -0.384. The van der Waals surface area contributed by atoms with Gasteiger partial charge in [-0.2, -0.15) is 0 Å². The number of rotatable bonds is 9. The number of nitrogens with zero attached hydrogens (tertiary/aromatic N) is 2. The Morgan fingerprint density at radius 3 is 2.55 bits per heavy atom. The van der Waals surface area contributed by atoms with Crippen molar-refractivity contribution < 1.29 is 14.4 Å². The molecule has 29 heavy (non-hydrogen) atoms. The van der Waals surface area contributed by atoms with Crippen LogP contribution < -0.4 is 14.8 Å². The largest absolute Gasteiger partial charge is 0.493 e. The molecular formula is C21H20BrN3O4. The predicted octanol–water partition coefficient (Wildman–Crippen LogP) is 4.63. The van der Waals surface area contributed by atoms with E-state index in [0.29, 0.717) is 24.6 Å². The third kappa shape index (κ3) is 5.75. The molecule has 0 saturated carbocycles. The Labute approximate surface area is 177 Å². The number of aromatic nitrogens is 1. The van der Waals surface area contributed by atoms with E-state index >= 15 is 0 Å². The molecule has 0 aliphatic heterocycles. The van der Waals surface area contributed by atoms with Crippen molar-refractivity contribution in [2.45, 2.75) is 19.7 Å². The average Bonchev–Trinajstić information content (AvgIpc) is 2.74. The summed E-state index contributed by atoms with van der Waals surface area (Å²) in [6, 6.07) is 14.0. The van der Waals surface area contributed by atoms with Crippen LogP contribution in [0, 0.1) is 10.1 Å². The molecule has 150 valence electrons. The Morgan fingerprint density at radius 2 is 1.90 bits per heavy atom. The average molecular weight is 458 g/mol. The molecule has 0 saturated heterocycles. The van der Waals surface area contributed by atoms with Gasteiger partial charge >= 0.3 is 0 Å². The molecule has 3 aromatic rings. The lowest BCUT2D eigenvalue weighted by Crippen LogP contribution is -2.13. The molecule has 0 unspecified atom stereocenters. The van der Waals surface area contributed by atoms with Crippen LogP contribution in [0.2, 0.25) is 0 Å². The maximum absolute atomic E-state index is 10.7. The van der Waals surface area contributed by atoms with E-state index < -0.39 is 4.92 Å². The van der Waals surface area contributed by atoms with E-state index in [9.17, 15) is 10.1 Å². The zero-order valence-electron chi connectivity index (χ0n) is 15.8. The highest BCUT2D eigenvalue weighted by molar-refractivity contribution is 9.10. The van der Waals surface area contributed by atoms with Crippen molar-refractivity contribution in [1.29, 1.82) is 0 Å². The first kappa shape index (κ1) is 20.8. The summed E-state index contributed by atoms with van der Waals surface area (Å²) in [7, 11) is 1.59. The van der Waals surface area contributed by atoms with Crippen LogP contribution in [0.5, 0.6) is 11.5 Å². The molecule has 0 bridgehead atoms. The maximum atomic E-state index is 10.7. The monoisotopic (exact) mass is 457 g/mol. The molecule has 0 spiro atoms. The second kappa shape index (κ2) is 9.99. The van der Waals surface area contributed by atoms with Crippen molar-refractivity contribution in [3.8, 4) is 11.5 Å². The molecule has 0 amide bonds. The van der Waals surface area contributed by atoms with Gasteiger partial charge in [-0.25, -0.2) is 0 Å². The molecule has 0 radical (unpaired) electrons. The SMILES string of the molecule is COc1cc(CNCc2cccnc2)c(Br)cc1OCc1ccc([N+](=O)[O-])cc1. The standard InChI is InChI=1S/C21H20BrN3O4/c1-28-20-9-17(13-24-12-16-3-2-8-23-11-16)19(22)10-21(20)29-14-15-4-6-18(7-5-15)25(26)27/h2-11,24H,12-14H2,1H3. The van der Waals surface area contributed by atoms with Gasteiger partial charge in [-0.3, -0.25) is 15.1 Å². The summed E-state index contributed by atoms with van der Waals surface area (Å²) in [5, 5.41) is 14.1. The van der Waals surface area contributed by atoms with Crippen molar-refractivity contribution in [3.05, 3.63) is 92.2 Å². The van der Waals surface area contributed by atoms with E-state index in [1.165, 1.54) is 12.1 Å². The number of benzene rings is 2. The summed E-state index contributed by atoms with van der Waals surface area (Å²) >= 11 is 3.59. The van der Waals surface area contributed by atoms with Gasteiger partial charge in [-0.1, -0.05) is 22.0 Å². The highest BCUT2D eigenvalue weighted by Gasteiger charge is 2.11. The zero-order valence-corrected chi connectivity index (χ0v) is 17.4. The van der Waals surface area contributed by atoms with E-state index in [1.807, 2.05) is 30.5 Å². The topological polar surface area (TPSA) is 86.5 Å². The maximum Gasteiger partial charge on any atom is 0.269 e. The van der Waals surface area contributed by atoms with Crippen molar-refractivity contribution in [3.63, 3.8) is 0 Å². The normalized spacial score (nSPS) is 10.6. The Morgan fingerprint density at radius 1 is 1.10 bits per heavy atom. The van der Waals surface area contributed by atoms with Crippen LogP contribution in [0.15, 0.2) is 65.4 Å². The summed E-state index contributed by atoms with van der Waals surface area (Å²) in [5.74, 6) is 1.21. The van der Waals surface area contributed by atoms with Crippen LogP contribution in [-0.4, -0.2) is 17.0 Å². The number of nitro benzene ring substituents is 1. The fourth-order valence-electron chi connectivity index (χ4n) is 2.70. The van der Waals surface area contributed by atoms with Gasteiger partial charge in [0.1, 0.15) is 6.61 Å². The molecule has 0 aliphatic carbocycles. The van der Waals surface area contributed by atoms with Crippen molar-refractivity contribution in [2.75, 3.05) is 7.11 Å². The van der Waals surface area contributed by atoms with E-state index in [0.717, 1.165) is 21.2 Å². The summed E-state index contributed by atoms with van der Waals surface area (Å²) < 4.78 is 12.2. The van der Waals surface area contributed by atoms with Crippen molar-refractivity contribution in [2.24, 2.45) is 0 Å². The molecule has 0 aliphatic rings. The minimum absolute atomic E-state index is 0.0530. The Hall–Kier alpha value is -2.97. The van der Waals surface area contributed by atoms with Crippen LogP contribution in [0.4, 0.5) is 5.69 Å². The number of non-ortho nitro benzene ring substituents is 1. The van der Waals surface area contributed by atoms with Gasteiger partial charge in [0.15, 0.2) is 11.5 Å². The minimum atomic E-state index is -0.425. The van der Waals surface area contributed by atoms with Gasteiger partial charge < -0.3 is 14.8 Å². The number of hydrogen-bond donors (Lipinski definition) is 1. The second-order valence-electron chi connectivity index (χ2n) is 6.27. The number of ether oxygens (including phenoxy) is 2. The minimum Gasteiger partial charge on any atom is -0.493 e. The van der Waals surface area contributed by atoms with Gasteiger partial charge in [0.2, 0.25) is 0 Å². The summed E-state index contributed by atoms with van der Waals surface area (Å²) in [6.45, 7) is 1.63. The third-order valence-electron chi connectivity index (χ3n) is 4.24. The molecule has 0 atom stereocenters. The lowest BCUT2D eigenvalue weighted by Gasteiger charge is -2.14. The first-order chi connectivity index (χ1) is 14.1. The van der Waals surface area contributed by atoms with E-state index in [1.54, 1.807) is 25.4 Å². The molecule has 1 heterocycles. The molecule has 8 heteroatoms. The number of nitrogens with one attached hydrogen (secondary N) is 1. The highest BCUT2D eigenvalue weighted by atomic mass is 79.9. The second-order valence-corrected chi connectivity index (χ2v) is 7.13. The smallest absolute Gasteiger partial charge is 0.269 e. The number of pyridine rings is 1. The molecule has 0 fully saturated rings. The van der Waals surface area contributed by atoms with Crippen LogP contribution >= 0.6 is 15.9 Å². The van der Waals surface area contributed by atoms with E-state index in [-0.39, 0.29) is 12.3 Å². The first-order valence-corrected chi connectivity index (χ1v) is 9.68. The van der Waals surface area contributed by atoms with Gasteiger partial charge in [-0.15, -0.1) is 0 Å². The summed E-state index contributed by atoms with van der Waals surface area (Å²) in [5.41, 5.74) is 3.03. The number of nitro groups is 1. The fraction of sp³-hybridized carbons (Fsp3) is 0.190. The Balaban J connectivity index is 1.63. The van der Waals surface area contributed by atoms with Gasteiger partial charge in [0, 0.05) is 42.1 Å². The fourth-order valence-corrected chi connectivity index (χ4v) is 3.17. The van der Waals surface area contributed by atoms with E-state index in [2.05, 4.69) is 26.2 Å². The first-order valence-electron chi connectivity index (χ1n) is 8.89. The van der Waals surface area contributed by atoms with E-state index in [4.69, 9.17) is 9.47 Å². The lowest BCUT2D eigenvalue weighted by atomic mass is 10.2. The highest BCUT2D eigenvalue weighted by Crippen LogP contribution is 2.34. The van der Waals surface area contributed by atoms with Gasteiger partial charge in [0.05, 0.1) is 12.0 Å². The summed E-state index contributed by atoms with van der Waals surface area (Å²) in [4.78, 5) is 14.4. The zero-order chi connectivity index (χ0) is 20.6. The Bertz CT molecular complexity index is 966. The molecular weight excluding hydrogens is 438 g/mol. The molecule has 7 nitrogen and oxygen atoms in total.